The molecule has 0 bridgehead atoms. The first-order valence-corrected chi connectivity index (χ1v) is 9.71. The maximum absolute atomic E-state index is 12.9. The summed E-state index contributed by atoms with van der Waals surface area (Å²) < 4.78 is 28.6. The Kier molecular flexibility index (Phi) is 5.19. The highest BCUT2D eigenvalue weighted by molar-refractivity contribution is 7.89. The van der Waals surface area contributed by atoms with Gasteiger partial charge in [0.15, 0.2) is 5.03 Å². The van der Waals surface area contributed by atoms with Crippen LogP contribution in [-0.4, -0.2) is 46.7 Å². The Morgan fingerprint density at radius 3 is 2.72 bits per heavy atom. The molecule has 0 saturated carbocycles. The molecule has 25 heavy (non-hydrogen) atoms. The summed E-state index contributed by atoms with van der Waals surface area (Å²) in [6.45, 7) is 0.805. The van der Waals surface area contributed by atoms with Gasteiger partial charge in [-0.2, -0.15) is 9.40 Å². The average molecular weight is 363 g/mol. The van der Waals surface area contributed by atoms with E-state index in [1.807, 2.05) is 30.3 Å². The highest BCUT2D eigenvalue weighted by atomic mass is 32.2. The van der Waals surface area contributed by atoms with Gasteiger partial charge >= 0.3 is 5.97 Å². The molecule has 1 aliphatic rings. The maximum Gasteiger partial charge on any atom is 0.307 e. The lowest BCUT2D eigenvalue weighted by Crippen LogP contribution is -2.42. The predicted octanol–water partition coefficient (Wildman–Crippen LogP) is 1.61. The average Bonchev–Trinajstić information content (AvgIpc) is 3.10. The molecule has 2 heterocycles. The summed E-state index contributed by atoms with van der Waals surface area (Å²) >= 11 is 0. The number of hydrogen-bond acceptors (Lipinski definition) is 4. The van der Waals surface area contributed by atoms with Crippen LogP contribution in [0.15, 0.2) is 47.6 Å². The van der Waals surface area contributed by atoms with Crippen LogP contribution < -0.4 is 0 Å². The molecule has 1 aliphatic heterocycles. The van der Waals surface area contributed by atoms with Crippen LogP contribution in [-0.2, 0) is 27.8 Å². The van der Waals surface area contributed by atoms with E-state index in [-0.39, 0.29) is 11.6 Å². The zero-order chi connectivity index (χ0) is 17.9. The van der Waals surface area contributed by atoms with Gasteiger partial charge < -0.3 is 5.11 Å². The van der Waals surface area contributed by atoms with Crippen molar-refractivity contribution in [2.75, 3.05) is 13.1 Å². The Morgan fingerprint density at radius 1 is 1.24 bits per heavy atom. The molecule has 0 aliphatic carbocycles. The highest BCUT2D eigenvalue weighted by Gasteiger charge is 2.34. The van der Waals surface area contributed by atoms with E-state index < -0.39 is 21.9 Å². The lowest BCUT2D eigenvalue weighted by atomic mass is 10.0. The van der Waals surface area contributed by atoms with E-state index in [0.29, 0.717) is 32.4 Å². The second kappa shape index (κ2) is 7.37. The second-order valence-corrected chi connectivity index (χ2v) is 8.05. The van der Waals surface area contributed by atoms with E-state index in [1.54, 1.807) is 0 Å². The van der Waals surface area contributed by atoms with Crippen molar-refractivity contribution in [3.05, 3.63) is 48.2 Å². The first kappa shape index (κ1) is 17.6. The number of piperidine rings is 1. The van der Waals surface area contributed by atoms with Gasteiger partial charge in [-0.15, -0.1) is 0 Å². The van der Waals surface area contributed by atoms with Crippen molar-refractivity contribution < 1.29 is 18.3 Å². The van der Waals surface area contributed by atoms with E-state index in [9.17, 15) is 18.3 Å². The van der Waals surface area contributed by atoms with Crippen molar-refractivity contribution in [3.8, 4) is 0 Å². The highest BCUT2D eigenvalue weighted by Crippen LogP contribution is 2.24. The molecule has 1 aromatic carbocycles. The summed E-state index contributed by atoms with van der Waals surface area (Å²) in [6, 6.07) is 11.3. The fraction of sp³-hybridized carbons (Fsp3) is 0.412. The number of carbonyl (C=O) groups is 1. The molecule has 3 rings (SSSR count). The number of nitrogens with zero attached hydrogens (tertiary/aromatic N) is 3. The van der Waals surface area contributed by atoms with Crippen LogP contribution in [0.1, 0.15) is 18.4 Å². The lowest BCUT2D eigenvalue weighted by Gasteiger charge is -2.29. The zero-order valence-electron chi connectivity index (χ0n) is 13.8. The minimum atomic E-state index is -3.75. The Labute approximate surface area is 146 Å². The molecule has 7 nitrogen and oxygen atoms in total. The van der Waals surface area contributed by atoms with Crippen molar-refractivity contribution in [1.29, 1.82) is 0 Å². The first-order chi connectivity index (χ1) is 12.0. The van der Waals surface area contributed by atoms with Crippen LogP contribution in [0, 0.1) is 5.92 Å². The number of sulfonamides is 1. The molecule has 0 spiro atoms. The summed E-state index contributed by atoms with van der Waals surface area (Å²) in [5.74, 6) is -1.60. The summed E-state index contributed by atoms with van der Waals surface area (Å²) in [6.07, 6.45) is 3.20. The molecular weight excluding hydrogens is 342 g/mol. The van der Waals surface area contributed by atoms with Gasteiger partial charge in [0, 0.05) is 19.6 Å². The summed E-state index contributed by atoms with van der Waals surface area (Å²) in [5.41, 5.74) is 1.10. The van der Waals surface area contributed by atoms with Crippen LogP contribution in [0.2, 0.25) is 0 Å². The molecular formula is C17H21N3O4S. The fourth-order valence-electron chi connectivity index (χ4n) is 3.08. The van der Waals surface area contributed by atoms with Crippen molar-refractivity contribution in [1.82, 2.24) is 14.1 Å². The number of benzene rings is 1. The third-order valence-corrected chi connectivity index (χ3v) is 6.36. The minimum Gasteiger partial charge on any atom is -0.481 e. The van der Waals surface area contributed by atoms with E-state index in [1.165, 1.54) is 21.3 Å². The Bertz CT molecular complexity index is 833. The molecule has 0 radical (unpaired) electrons. The molecule has 2 aromatic rings. The van der Waals surface area contributed by atoms with Crippen molar-refractivity contribution in [2.45, 2.75) is 30.8 Å². The summed E-state index contributed by atoms with van der Waals surface area (Å²) in [4.78, 5) is 11.2. The van der Waals surface area contributed by atoms with Gasteiger partial charge in [0.2, 0.25) is 0 Å². The minimum absolute atomic E-state index is 0.0154. The van der Waals surface area contributed by atoms with Crippen LogP contribution >= 0.6 is 0 Å². The molecule has 8 heteroatoms. The maximum atomic E-state index is 12.9. The number of aromatic nitrogens is 2. The molecule has 134 valence electrons. The Balaban J connectivity index is 1.77. The van der Waals surface area contributed by atoms with Crippen molar-refractivity contribution in [3.63, 3.8) is 0 Å². The molecule has 1 fully saturated rings. The number of carboxylic acid groups (broad SMARTS) is 1. The van der Waals surface area contributed by atoms with Gasteiger partial charge in [-0.1, -0.05) is 30.3 Å². The van der Waals surface area contributed by atoms with Gasteiger partial charge in [-0.25, -0.2) is 8.42 Å². The van der Waals surface area contributed by atoms with Gasteiger partial charge in [0.05, 0.1) is 12.1 Å². The van der Waals surface area contributed by atoms with Crippen LogP contribution in [0.3, 0.4) is 0 Å². The SMILES string of the molecule is O=C(O)C1CCCN(S(=O)(=O)c2ccnn2CCc2ccccc2)C1. The number of aryl methyl sites for hydroxylation is 2. The van der Waals surface area contributed by atoms with Crippen molar-refractivity contribution >= 4 is 16.0 Å². The van der Waals surface area contributed by atoms with Gasteiger partial charge in [-0.3, -0.25) is 9.48 Å². The lowest BCUT2D eigenvalue weighted by molar-refractivity contribution is -0.142. The largest absolute Gasteiger partial charge is 0.481 e. The van der Waals surface area contributed by atoms with E-state index in [4.69, 9.17) is 0 Å². The predicted molar refractivity (Wildman–Crippen MR) is 91.5 cm³/mol. The first-order valence-electron chi connectivity index (χ1n) is 8.27. The van der Waals surface area contributed by atoms with Crippen LogP contribution in [0.4, 0.5) is 0 Å². The molecule has 1 unspecified atom stereocenters. The van der Waals surface area contributed by atoms with Gasteiger partial charge in [0.1, 0.15) is 0 Å². The normalized spacial score (nSPS) is 19.0. The third-order valence-electron chi connectivity index (χ3n) is 4.47. The third kappa shape index (κ3) is 3.91. The zero-order valence-corrected chi connectivity index (χ0v) is 14.6. The smallest absolute Gasteiger partial charge is 0.307 e. The summed E-state index contributed by atoms with van der Waals surface area (Å²) in [5, 5.41) is 13.4. The molecule has 1 saturated heterocycles. The number of rotatable bonds is 6. The molecule has 1 atom stereocenters. The second-order valence-electron chi connectivity index (χ2n) is 6.17. The molecule has 0 amide bonds. The van der Waals surface area contributed by atoms with E-state index in [0.717, 1.165) is 5.56 Å². The molecule has 1 aromatic heterocycles. The monoisotopic (exact) mass is 363 g/mol. The number of carboxylic acids is 1. The van der Waals surface area contributed by atoms with Crippen molar-refractivity contribution in [2.24, 2.45) is 5.92 Å². The van der Waals surface area contributed by atoms with Crippen LogP contribution in [0.5, 0.6) is 0 Å². The van der Waals surface area contributed by atoms with Crippen LogP contribution in [0.25, 0.3) is 0 Å². The fourth-order valence-corrected chi connectivity index (χ4v) is 4.73. The summed E-state index contributed by atoms with van der Waals surface area (Å²) in [7, 11) is -3.75. The van der Waals surface area contributed by atoms with E-state index in [2.05, 4.69) is 5.10 Å². The number of hydrogen-bond donors (Lipinski definition) is 1. The topological polar surface area (TPSA) is 92.5 Å². The standard InChI is InChI=1S/C17H21N3O4S/c21-17(22)15-7-4-11-19(13-15)25(23,24)16-8-10-18-20(16)12-9-14-5-2-1-3-6-14/h1-3,5-6,8,10,15H,4,7,9,11-13H2,(H,21,22). The van der Waals surface area contributed by atoms with Gasteiger partial charge in [0.25, 0.3) is 10.0 Å². The molecule has 1 N–H and O–H groups in total. The van der Waals surface area contributed by atoms with E-state index >= 15 is 0 Å². The quantitative estimate of drug-likeness (QED) is 0.842. The van der Waals surface area contributed by atoms with Gasteiger partial charge in [-0.05, 0) is 30.9 Å². The Morgan fingerprint density at radius 2 is 2.00 bits per heavy atom. The Hall–Kier alpha value is -2.19. The number of aliphatic carboxylic acids is 1.